The summed E-state index contributed by atoms with van der Waals surface area (Å²) in [5, 5.41) is 4.51. The van der Waals surface area contributed by atoms with E-state index < -0.39 is 0 Å². The standard InChI is InChI=1S/C17H26BrClN2/c1-11(2)8-13-10-21(16(9-20-13)12(3)4)15-7-5-6-14(19)17(15)18/h5-7,11-13,16,20H,8-10H2,1-4H3. The number of rotatable bonds is 4. The molecule has 2 nitrogen and oxygen atoms in total. The van der Waals surface area contributed by atoms with Crippen LogP contribution in [0.2, 0.25) is 5.02 Å². The number of nitrogens with one attached hydrogen (secondary N) is 1. The molecule has 21 heavy (non-hydrogen) atoms. The fraction of sp³-hybridized carbons (Fsp3) is 0.647. The maximum Gasteiger partial charge on any atom is 0.0595 e. The Balaban J connectivity index is 2.27. The molecular weight excluding hydrogens is 348 g/mol. The Morgan fingerprint density at radius 3 is 2.67 bits per heavy atom. The van der Waals surface area contributed by atoms with Crippen molar-refractivity contribution in [1.29, 1.82) is 0 Å². The van der Waals surface area contributed by atoms with Gasteiger partial charge in [-0.15, -0.1) is 0 Å². The molecular formula is C17H26BrClN2. The predicted molar refractivity (Wildman–Crippen MR) is 96.4 cm³/mol. The Hall–Kier alpha value is -0.250. The van der Waals surface area contributed by atoms with E-state index in [1.807, 2.05) is 12.1 Å². The predicted octanol–water partition coefficient (Wildman–Crippen LogP) is 4.95. The van der Waals surface area contributed by atoms with Gasteiger partial charge in [-0.3, -0.25) is 0 Å². The summed E-state index contributed by atoms with van der Waals surface area (Å²) in [6.07, 6.45) is 1.21. The van der Waals surface area contributed by atoms with Crippen molar-refractivity contribution in [2.45, 2.75) is 46.2 Å². The molecule has 1 fully saturated rings. The lowest BCUT2D eigenvalue weighted by atomic mass is 9.94. The fourth-order valence-electron chi connectivity index (χ4n) is 3.15. The second-order valence-corrected chi connectivity index (χ2v) is 7.97. The van der Waals surface area contributed by atoms with Gasteiger partial charge in [-0.25, -0.2) is 0 Å². The molecule has 0 aliphatic carbocycles. The van der Waals surface area contributed by atoms with Crippen molar-refractivity contribution >= 4 is 33.2 Å². The molecule has 2 unspecified atom stereocenters. The van der Waals surface area contributed by atoms with Gasteiger partial charge in [-0.05, 0) is 46.3 Å². The van der Waals surface area contributed by atoms with Crippen molar-refractivity contribution in [3.63, 3.8) is 0 Å². The van der Waals surface area contributed by atoms with E-state index in [-0.39, 0.29) is 0 Å². The zero-order valence-corrected chi connectivity index (χ0v) is 15.7. The lowest BCUT2D eigenvalue weighted by molar-refractivity contribution is 0.310. The summed E-state index contributed by atoms with van der Waals surface area (Å²) in [7, 11) is 0. The zero-order chi connectivity index (χ0) is 15.6. The van der Waals surface area contributed by atoms with Crippen LogP contribution in [0, 0.1) is 11.8 Å². The van der Waals surface area contributed by atoms with Gasteiger partial charge < -0.3 is 10.2 Å². The van der Waals surface area contributed by atoms with Gasteiger partial charge in [0.1, 0.15) is 0 Å². The smallest absolute Gasteiger partial charge is 0.0595 e. The summed E-state index contributed by atoms with van der Waals surface area (Å²) < 4.78 is 1.02. The van der Waals surface area contributed by atoms with Crippen LogP contribution in [0.4, 0.5) is 5.69 Å². The zero-order valence-electron chi connectivity index (χ0n) is 13.4. The molecule has 1 heterocycles. The molecule has 1 saturated heterocycles. The van der Waals surface area contributed by atoms with Crippen molar-refractivity contribution in [2.75, 3.05) is 18.0 Å². The number of benzene rings is 1. The lowest BCUT2D eigenvalue weighted by Gasteiger charge is -2.44. The van der Waals surface area contributed by atoms with Crippen LogP contribution in [-0.4, -0.2) is 25.2 Å². The summed E-state index contributed by atoms with van der Waals surface area (Å²) in [5.41, 5.74) is 1.22. The molecule has 2 rings (SSSR count). The lowest BCUT2D eigenvalue weighted by Crippen LogP contribution is -2.58. The Bertz CT molecular complexity index is 476. The van der Waals surface area contributed by atoms with Crippen molar-refractivity contribution in [3.05, 3.63) is 27.7 Å². The van der Waals surface area contributed by atoms with Crippen molar-refractivity contribution in [1.82, 2.24) is 5.32 Å². The SMILES string of the molecule is CC(C)CC1CN(c2cccc(Cl)c2Br)C(C(C)C)CN1. The second kappa shape index (κ2) is 7.34. The fourth-order valence-corrected chi connectivity index (χ4v) is 3.81. The highest BCUT2D eigenvalue weighted by Crippen LogP contribution is 2.36. The molecule has 0 aromatic heterocycles. The van der Waals surface area contributed by atoms with Gasteiger partial charge in [-0.2, -0.15) is 0 Å². The first-order chi connectivity index (χ1) is 9.90. The van der Waals surface area contributed by atoms with Crippen molar-refractivity contribution < 1.29 is 0 Å². The van der Waals surface area contributed by atoms with Crippen molar-refractivity contribution in [2.24, 2.45) is 11.8 Å². The van der Waals surface area contributed by atoms with Crippen LogP contribution in [0.15, 0.2) is 22.7 Å². The van der Waals surface area contributed by atoms with E-state index in [4.69, 9.17) is 11.6 Å². The van der Waals surface area contributed by atoms with Crippen LogP contribution in [0.5, 0.6) is 0 Å². The van der Waals surface area contributed by atoms with Gasteiger partial charge in [0.25, 0.3) is 0 Å². The monoisotopic (exact) mass is 372 g/mol. The minimum Gasteiger partial charge on any atom is -0.364 e. The summed E-state index contributed by atoms with van der Waals surface area (Å²) in [5.74, 6) is 1.31. The molecule has 1 aliphatic rings. The van der Waals surface area contributed by atoms with E-state index in [1.165, 1.54) is 12.1 Å². The molecule has 1 aromatic carbocycles. The molecule has 1 aliphatic heterocycles. The minimum absolute atomic E-state index is 0.503. The topological polar surface area (TPSA) is 15.3 Å². The van der Waals surface area contributed by atoms with Gasteiger partial charge in [-0.1, -0.05) is 45.4 Å². The molecule has 2 atom stereocenters. The second-order valence-electron chi connectivity index (χ2n) is 6.77. The highest BCUT2D eigenvalue weighted by molar-refractivity contribution is 9.10. The van der Waals surface area contributed by atoms with Crippen LogP contribution in [0.25, 0.3) is 0 Å². The average Bonchev–Trinajstić information content (AvgIpc) is 2.41. The van der Waals surface area contributed by atoms with E-state index in [0.29, 0.717) is 23.9 Å². The average molecular weight is 374 g/mol. The molecule has 1 aromatic rings. The van der Waals surface area contributed by atoms with E-state index in [0.717, 1.165) is 22.6 Å². The highest BCUT2D eigenvalue weighted by atomic mass is 79.9. The quantitative estimate of drug-likeness (QED) is 0.803. The van der Waals surface area contributed by atoms with E-state index in [1.54, 1.807) is 0 Å². The molecule has 118 valence electrons. The molecule has 0 radical (unpaired) electrons. The molecule has 0 bridgehead atoms. The third kappa shape index (κ3) is 4.14. The van der Waals surface area contributed by atoms with Gasteiger partial charge in [0.05, 0.1) is 15.2 Å². The number of hydrogen-bond acceptors (Lipinski definition) is 2. The summed E-state index contributed by atoms with van der Waals surface area (Å²) in [4.78, 5) is 2.53. The third-order valence-electron chi connectivity index (χ3n) is 4.20. The van der Waals surface area contributed by atoms with Crippen LogP contribution in [0.1, 0.15) is 34.1 Å². The van der Waals surface area contributed by atoms with E-state index in [2.05, 4.69) is 59.9 Å². The molecule has 1 N–H and O–H groups in total. The summed E-state index contributed by atoms with van der Waals surface area (Å²) in [6, 6.07) is 7.20. The number of anilines is 1. The van der Waals surface area contributed by atoms with Gasteiger partial charge in [0.15, 0.2) is 0 Å². The maximum atomic E-state index is 6.29. The summed E-state index contributed by atoms with van der Waals surface area (Å²) in [6.45, 7) is 11.2. The van der Waals surface area contributed by atoms with Crippen LogP contribution in [-0.2, 0) is 0 Å². The Morgan fingerprint density at radius 2 is 2.05 bits per heavy atom. The molecule has 4 heteroatoms. The van der Waals surface area contributed by atoms with Crippen LogP contribution in [0.3, 0.4) is 0 Å². The maximum absolute atomic E-state index is 6.29. The molecule has 0 amide bonds. The largest absolute Gasteiger partial charge is 0.364 e. The first kappa shape index (κ1) is 17.1. The van der Waals surface area contributed by atoms with Crippen LogP contribution < -0.4 is 10.2 Å². The number of halogens is 2. The highest BCUT2D eigenvalue weighted by Gasteiger charge is 2.31. The number of hydrogen-bond donors (Lipinski definition) is 1. The Labute approximate surface area is 142 Å². The van der Waals surface area contributed by atoms with Gasteiger partial charge >= 0.3 is 0 Å². The number of piperazine rings is 1. The molecule has 0 spiro atoms. The normalized spacial score (nSPS) is 23.1. The first-order valence-electron chi connectivity index (χ1n) is 7.84. The Kier molecular flexibility index (Phi) is 5.98. The first-order valence-corrected chi connectivity index (χ1v) is 9.01. The third-order valence-corrected chi connectivity index (χ3v) is 5.58. The summed E-state index contributed by atoms with van der Waals surface area (Å²) >= 11 is 9.96. The van der Waals surface area contributed by atoms with E-state index in [9.17, 15) is 0 Å². The van der Waals surface area contributed by atoms with Gasteiger partial charge in [0, 0.05) is 25.2 Å². The Morgan fingerprint density at radius 1 is 1.33 bits per heavy atom. The minimum atomic E-state index is 0.503. The number of nitrogens with zero attached hydrogens (tertiary/aromatic N) is 1. The van der Waals surface area contributed by atoms with Crippen molar-refractivity contribution in [3.8, 4) is 0 Å². The molecule has 0 saturated carbocycles. The van der Waals surface area contributed by atoms with Crippen LogP contribution >= 0.6 is 27.5 Å². The van der Waals surface area contributed by atoms with Gasteiger partial charge in [0.2, 0.25) is 0 Å². The van der Waals surface area contributed by atoms with E-state index >= 15 is 0 Å².